The number of unbranched alkanes of at least 4 members (excludes halogenated alkanes) is 18. The van der Waals surface area contributed by atoms with Gasteiger partial charge in [-0.15, -0.1) is 0 Å². The van der Waals surface area contributed by atoms with Gasteiger partial charge in [0.1, 0.15) is 0 Å². The van der Waals surface area contributed by atoms with Gasteiger partial charge < -0.3 is 4.74 Å². The molecule has 0 aromatic heterocycles. The standard InChI is InChI=1S/C24H50O.Al/c1-3-5-7-9-11-13-15-17-19-21-23-25-24-22-20-18-16-14-12-10-8-6-4-2;/h3-24H2,1-2H3;. The summed E-state index contributed by atoms with van der Waals surface area (Å²) in [5.74, 6) is 0. The average Bonchev–Trinajstić information content (AvgIpc) is 2.63. The minimum Gasteiger partial charge on any atom is -0.381 e. The zero-order valence-electron chi connectivity index (χ0n) is 18.5. The Morgan fingerprint density at radius 2 is 0.577 bits per heavy atom. The molecule has 0 atom stereocenters. The van der Waals surface area contributed by atoms with Gasteiger partial charge in [0.25, 0.3) is 0 Å². The highest BCUT2D eigenvalue weighted by Crippen LogP contribution is 2.12. The monoisotopic (exact) mass is 381 g/mol. The van der Waals surface area contributed by atoms with Crippen LogP contribution < -0.4 is 0 Å². The summed E-state index contributed by atoms with van der Waals surface area (Å²) in [5, 5.41) is 0. The molecule has 0 fully saturated rings. The first-order valence-corrected chi connectivity index (χ1v) is 12.0. The lowest BCUT2D eigenvalue weighted by Gasteiger charge is -2.05. The third-order valence-corrected chi connectivity index (χ3v) is 5.28. The molecule has 0 unspecified atom stereocenters. The number of ether oxygens (including phenoxy) is 1. The summed E-state index contributed by atoms with van der Waals surface area (Å²) in [4.78, 5) is 0. The Morgan fingerprint density at radius 3 is 0.846 bits per heavy atom. The molecule has 0 bridgehead atoms. The predicted octanol–water partition coefficient (Wildman–Crippen LogP) is 8.46. The second-order valence-electron chi connectivity index (χ2n) is 7.98. The molecule has 0 N–H and O–H groups in total. The highest BCUT2D eigenvalue weighted by atomic mass is 27.0. The van der Waals surface area contributed by atoms with Crippen LogP contribution in [0.1, 0.15) is 142 Å². The molecule has 155 valence electrons. The van der Waals surface area contributed by atoms with Crippen molar-refractivity contribution >= 4 is 17.4 Å². The Kier molecular flexibility index (Phi) is 30.6. The van der Waals surface area contributed by atoms with Gasteiger partial charge in [0.15, 0.2) is 0 Å². The molecule has 0 heterocycles. The van der Waals surface area contributed by atoms with Crippen molar-refractivity contribution in [3.63, 3.8) is 0 Å². The summed E-state index contributed by atoms with van der Waals surface area (Å²) in [5.41, 5.74) is 0. The molecule has 0 spiro atoms. The van der Waals surface area contributed by atoms with E-state index in [1.54, 1.807) is 0 Å². The van der Waals surface area contributed by atoms with Crippen LogP contribution in [-0.2, 0) is 4.74 Å². The fourth-order valence-electron chi connectivity index (χ4n) is 3.49. The van der Waals surface area contributed by atoms with E-state index in [1.807, 2.05) is 0 Å². The summed E-state index contributed by atoms with van der Waals surface area (Å²) in [7, 11) is 0. The first-order valence-electron chi connectivity index (χ1n) is 12.0. The lowest BCUT2D eigenvalue weighted by Crippen LogP contribution is -1.97. The number of hydrogen-bond acceptors (Lipinski definition) is 1. The number of hydrogen-bond donors (Lipinski definition) is 0. The number of rotatable bonds is 22. The van der Waals surface area contributed by atoms with E-state index in [2.05, 4.69) is 13.8 Å². The molecular formula is C24H50AlO. The second-order valence-corrected chi connectivity index (χ2v) is 7.98. The Morgan fingerprint density at radius 1 is 0.346 bits per heavy atom. The zero-order chi connectivity index (χ0) is 18.3. The maximum absolute atomic E-state index is 5.78. The smallest absolute Gasteiger partial charge is 0.0466 e. The summed E-state index contributed by atoms with van der Waals surface area (Å²) in [6, 6.07) is 0. The SMILES string of the molecule is CCCCCCCCCCCCOCCCCCCCCCCCC.[Al]. The van der Waals surface area contributed by atoms with E-state index in [-0.39, 0.29) is 17.4 Å². The van der Waals surface area contributed by atoms with Crippen molar-refractivity contribution in [1.29, 1.82) is 0 Å². The van der Waals surface area contributed by atoms with Crippen molar-refractivity contribution < 1.29 is 4.74 Å². The van der Waals surface area contributed by atoms with Crippen LogP contribution in [0.15, 0.2) is 0 Å². The molecule has 0 aliphatic rings. The first kappa shape index (κ1) is 28.7. The highest BCUT2D eigenvalue weighted by molar-refractivity contribution is 5.75. The maximum atomic E-state index is 5.78. The molecule has 0 rings (SSSR count). The minimum absolute atomic E-state index is 0. The van der Waals surface area contributed by atoms with Gasteiger partial charge >= 0.3 is 0 Å². The van der Waals surface area contributed by atoms with Crippen molar-refractivity contribution in [3.8, 4) is 0 Å². The fourth-order valence-corrected chi connectivity index (χ4v) is 3.49. The Balaban J connectivity index is 0. The van der Waals surface area contributed by atoms with Crippen LogP contribution in [0, 0.1) is 0 Å². The Labute approximate surface area is 177 Å². The molecule has 0 saturated carbocycles. The fraction of sp³-hybridized carbons (Fsp3) is 1.00. The van der Waals surface area contributed by atoms with E-state index in [1.165, 1.54) is 128 Å². The zero-order valence-corrected chi connectivity index (χ0v) is 19.7. The van der Waals surface area contributed by atoms with Crippen molar-refractivity contribution in [3.05, 3.63) is 0 Å². The molecule has 0 aliphatic heterocycles. The van der Waals surface area contributed by atoms with Crippen LogP contribution in [0.2, 0.25) is 0 Å². The van der Waals surface area contributed by atoms with Gasteiger partial charge in [0, 0.05) is 30.6 Å². The average molecular weight is 382 g/mol. The van der Waals surface area contributed by atoms with Gasteiger partial charge in [-0.1, -0.05) is 129 Å². The third-order valence-electron chi connectivity index (χ3n) is 5.28. The van der Waals surface area contributed by atoms with Crippen LogP contribution in [0.5, 0.6) is 0 Å². The first-order chi connectivity index (χ1) is 12.4. The predicted molar refractivity (Wildman–Crippen MR) is 120 cm³/mol. The molecule has 0 aliphatic carbocycles. The van der Waals surface area contributed by atoms with Gasteiger partial charge in [0.05, 0.1) is 0 Å². The lowest BCUT2D eigenvalue weighted by atomic mass is 10.1. The molecule has 3 radical (unpaired) electrons. The molecular weight excluding hydrogens is 331 g/mol. The molecule has 0 aromatic carbocycles. The van der Waals surface area contributed by atoms with Crippen molar-refractivity contribution in [1.82, 2.24) is 0 Å². The normalized spacial score (nSPS) is 10.8. The third kappa shape index (κ3) is 26.7. The molecule has 0 aromatic rings. The Bertz CT molecular complexity index is 198. The van der Waals surface area contributed by atoms with Gasteiger partial charge in [-0.3, -0.25) is 0 Å². The van der Waals surface area contributed by atoms with Crippen molar-refractivity contribution in [2.24, 2.45) is 0 Å². The van der Waals surface area contributed by atoms with Gasteiger partial charge in [-0.2, -0.15) is 0 Å². The van der Waals surface area contributed by atoms with E-state index >= 15 is 0 Å². The molecule has 0 saturated heterocycles. The highest BCUT2D eigenvalue weighted by Gasteiger charge is 1.95. The van der Waals surface area contributed by atoms with Crippen LogP contribution in [-0.4, -0.2) is 30.6 Å². The lowest BCUT2D eigenvalue weighted by molar-refractivity contribution is 0.125. The van der Waals surface area contributed by atoms with Crippen LogP contribution in [0.3, 0.4) is 0 Å². The van der Waals surface area contributed by atoms with Crippen molar-refractivity contribution in [2.75, 3.05) is 13.2 Å². The molecule has 1 nitrogen and oxygen atoms in total. The second kappa shape index (κ2) is 27.7. The van der Waals surface area contributed by atoms with Gasteiger partial charge in [-0.05, 0) is 12.8 Å². The van der Waals surface area contributed by atoms with E-state index in [0.29, 0.717) is 0 Å². The largest absolute Gasteiger partial charge is 0.381 e. The van der Waals surface area contributed by atoms with E-state index in [9.17, 15) is 0 Å². The van der Waals surface area contributed by atoms with Crippen LogP contribution in [0.4, 0.5) is 0 Å². The van der Waals surface area contributed by atoms with Crippen molar-refractivity contribution in [2.45, 2.75) is 142 Å². The van der Waals surface area contributed by atoms with E-state index in [0.717, 1.165) is 13.2 Å². The summed E-state index contributed by atoms with van der Waals surface area (Å²) < 4.78 is 5.78. The van der Waals surface area contributed by atoms with E-state index in [4.69, 9.17) is 4.74 Å². The van der Waals surface area contributed by atoms with E-state index < -0.39 is 0 Å². The van der Waals surface area contributed by atoms with Gasteiger partial charge in [0.2, 0.25) is 0 Å². The Hall–Kier alpha value is 0.492. The summed E-state index contributed by atoms with van der Waals surface area (Å²) in [6.07, 6.45) is 28.2. The maximum Gasteiger partial charge on any atom is 0.0466 e. The molecule has 26 heavy (non-hydrogen) atoms. The topological polar surface area (TPSA) is 9.23 Å². The minimum atomic E-state index is 0. The summed E-state index contributed by atoms with van der Waals surface area (Å²) >= 11 is 0. The molecule has 2 heteroatoms. The van der Waals surface area contributed by atoms with Gasteiger partial charge in [-0.25, -0.2) is 0 Å². The molecule has 0 amide bonds. The summed E-state index contributed by atoms with van der Waals surface area (Å²) in [6.45, 7) is 6.57. The van der Waals surface area contributed by atoms with Crippen LogP contribution in [0.25, 0.3) is 0 Å². The van der Waals surface area contributed by atoms with Crippen LogP contribution >= 0.6 is 0 Å². The quantitative estimate of drug-likeness (QED) is 0.135.